The minimum Gasteiger partial charge on any atom is -0.490 e. The summed E-state index contributed by atoms with van der Waals surface area (Å²) in [5.74, 6) is 0.958. The van der Waals surface area contributed by atoms with Crippen molar-refractivity contribution in [2.24, 2.45) is 5.10 Å². The van der Waals surface area contributed by atoms with Gasteiger partial charge in [-0.15, -0.1) is 0 Å². The van der Waals surface area contributed by atoms with E-state index in [2.05, 4.69) is 33.1 Å². The summed E-state index contributed by atoms with van der Waals surface area (Å²) in [6.45, 7) is 2.87. The lowest BCUT2D eigenvalue weighted by molar-refractivity contribution is 0.0955. The maximum absolute atomic E-state index is 12.1. The SMILES string of the molecule is CCOc1cc(/C=N\NC(=O)c2ccc(Cl)cc2)ccc1OCc1ccc(I)cc1. The van der Waals surface area contributed by atoms with E-state index < -0.39 is 0 Å². The van der Waals surface area contributed by atoms with Crippen LogP contribution < -0.4 is 14.9 Å². The van der Waals surface area contributed by atoms with Crippen LogP contribution >= 0.6 is 34.2 Å². The first-order chi connectivity index (χ1) is 14.5. The molecular weight excluding hydrogens is 515 g/mol. The zero-order valence-corrected chi connectivity index (χ0v) is 19.2. The van der Waals surface area contributed by atoms with Crippen LogP contribution in [-0.2, 0) is 6.61 Å². The monoisotopic (exact) mass is 534 g/mol. The molecule has 1 amide bonds. The third-order valence-electron chi connectivity index (χ3n) is 4.06. The van der Waals surface area contributed by atoms with E-state index in [1.807, 2.05) is 49.4 Å². The Hall–Kier alpha value is -2.58. The molecule has 0 heterocycles. The summed E-state index contributed by atoms with van der Waals surface area (Å²) in [6, 6.07) is 20.3. The number of amides is 1. The first kappa shape index (κ1) is 22.1. The fourth-order valence-corrected chi connectivity index (χ4v) is 3.05. The predicted octanol–water partition coefficient (Wildman–Crippen LogP) is 5.69. The smallest absolute Gasteiger partial charge is 0.271 e. The predicted molar refractivity (Wildman–Crippen MR) is 128 cm³/mol. The number of nitrogens with one attached hydrogen (secondary N) is 1. The zero-order chi connectivity index (χ0) is 21.3. The number of nitrogens with zero attached hydrogens (tertiary/aromatic N) is 1. The van der Waals surface area contributed by atoms with Gasteiger partial charge in [-0.3, -0.25) is 4.79 Å². The van der Waals surface area contributed by atoms with Gasteiger partial charge in [-0.1, -0.05) is 23.7 Å². The van der Waals surface area contributed by atoms with Crippen molar-refractivity contribution in [3.63, 3.8) is 0 Å². The molecule has 0 spiro atoms. The lowest BCUT2D eigenvalue weighted by Crippen LogP contribution is -2.17. The zero-order valence-electron chi connectivity index (χ0n) is 16.3. The number of benzene rings is 3. The topological polar surface area (TPSA) is 59.9 Å². The molecule has 5 nitrogen and oxygen atoms in total. The number of hydrazone groups is 1. The van der Waals surface area contributed by atoms with Crippen LogP contribution in [0.25, 0.3) is 0 Å². The number of halogens is 2. The Morgan fingerprint density at radius 3 is 2.47 bits per heavy atom. The molecule has 0 aliphatic rings. The molecule has 3 rings (SSSR count). The Morgan fingerprint density at radius 2 is 1.77 bits per heavy atom. The van der Waals surface area contributed by atoms with Gasteiger partial charge in [0.15, 0.2) is 11.5 Å². The Balaban J connectivity index is 1.64. The van der Waals surface area contributed by atoms with Gasteiger partial charge in [0.2, 0.25) is 0 Å². The summed E-state index contributed by atoms with van der Waals surface area (Å²) in [7, 11) is 0. The highest BCUT2D eigenvalue weighted by atomic mass is 127. The van der Waals surface area contributed by atoms with Crippen LogP contribution in [0, 0.1) is 3.57 Å². The van der Waals surface area contributed by atoms with Crippen LogP contribution in [-0.4, -0.2) is 18.7 Å². The molecule has 0 aliphatic carbocycles. The fraction of sp³-hybridized carbons (Fsp3) is 0.130. The van der Waals surface area contributed by atoms with Crippen molar-refractivity contribution in [1.82, 2.24) is 5.43 Å². The average Bonchev–Trinajstić information content (AvgIpc) is 2.75. The Bertz CT molecular complexity index is 1020. The van der Waals surface area contributed by atoms with E-state index in [1.165, 1.54) is 3.57 Å². The van der Waals surface area contributed by atoms with Crippen LogP contribution in [0.2, 0.25) is 5.02 Å². The summed E-state index contributed by atoms with van der Waals surface area (Å²) < 4.78 is 12.8. The van der Waals surface area contributed by atoms with E-state index in [0.717, 1.165) is 11.1 Å². The van der Waals surface area contributed by atoms with Gasteiger partial charge in [-0.2, -0.15) is 5.10 Å². The lowest BCUT2D eigenvalue weighted by atomic mass is 10.2. The molecule has 3 aromatic rings. The van der Waals surface area contributed by atoms with Crippen LogP contribution in [0.4, 0.5) is 0 Å². The quantitative estimate of drug-likeness (QED) is 0.230. The Kier molecular flexibility index (Phi) is 8.10. The number of hydrogen-bond acceptors (Lipinski definition) is 4. The molecule has 3 aromatic carbocycles. The van der Waals surface area contributed by atoms with Crippen LogP contribution in [0.15, 0.2) is 71.8 Å². The van der Waals surface area contributed by atoms with Crippen molar-refractivity contribution in [1.29, 1.82) is 0 Å². The molecule has 0 aromatic heterocycles. The first-order valence-corrected chi connectivity index (χ1v) is 10.7. The molecule has 0 fully saturated rings. The normalized spacial score (nSPS) is 10.8. The van der Waals surface area contributed by atoms with Crippen molar-refractivity contribution < 1.29 is 14.3 Å². The maximum atomic E-state index is 12.1. The maximum Gasteiger partial charge on any atom is 0.271 e. The number of carbonyl (C=O) groups is 1. The third-order valence-corrected chi connectivity index (χ3v) is 5.03. The molecular formula is C23H20ClIN2O3. The highest BCUT2D eigenvalue weighted by Gasteiger charge is 2.07. The highest BCUT2D eigenvalue weighted by Crippen LogP contribution is 2.29. The standard InChI is InChI=1S/C23H20ClIN2O3/c1-2-29-22-13-17(14-26-27-23(28)18-6-8-19(24)9-7-18)5-12-21(22)30-15-16-3-10-20(25)11-4-16/h3-14H,2,15H2,1H3,(H,27,28)/b26-14-. The molecule has 0 saturated carbocycles. The van der Waals surface area contributed by atoms with E-state index >= 15 is 0 Å². The van der Waals surface area contributed by atoms with Gasteiger partial charge in [0, 0.05) is 14.2 Å². The second-order valence-electron chi connectivity index (χ2n) is 6.26. The van der Waals surface area contributed by atoms with E-state index in [0.29, 0.717) is 35.3 Å². The fourth-order valence-electron chi connectivity index (χ4n) is 2.57. The summed E-state index contributed by atoms with van der Waals surface area (Å²) in [5, 5.41) is 4.59. The van der Waals surface area contributed by atoms with Crippen molar-refractivity contribution in [3.05, 3.63) is 92.0 Å². The first-order valence-electron chi connectivity index (χ1n) is 9.28. The van der Waals surface area contributed by atoms with Crippen molar-refractivity contribution in [2.45, 2.75) is 13.5 Å². The second-order valence-corrected chi connectivity index (χ2v) is 7.94. The molecule has 0 bridgehead atoms. The van der Waals surface area contributed by atoms with E-state index in [9.17, 15) is 4.79 Å². The molecule has 30 heavy (non-hydrogen) atoms. The molecule has 0 aliphatic heterocycles. The summed E-state index contributed by atoms with van der Waals surface area (Å²) in [5.41, 5.74) is 4.83. The largest absolute Gasteiger partial charge is 0.490 e. The average molecular weight is 535 g/mol. The van der Waals surface area contributed by atoms with Gasteiger partial charge in [0.1, 0.15) is 6.61 Å². The number of hydrogen-bond donors (Lipinski definition) is 1. The third kappa shape index (κ3) is 6.47. The molecule has 0 atom stereocenters. The van der Waals surface area contributed by atoms with Crippen LogP contribution in [0.1, 0.15) is 28.4 Å². The van der Waals surface area contributed by atoms with Gasteiger partial charge >= 0.3 is 0 Å². The lowest BCUT2D eigenvalue weighted by Gasteiger charge is -2.12. The minimum atomic E-state index is -0.314. The molecule has 0 unspecified atom stereocenters. The molecule has 0 saturated heterocycles. The van der Waals surface area contributed by atoms with Gasteiger partial charge in [-0.25, -0.2) is 5.43 Å². The number of ether oxygens (including phenoxy) is 2. The highest BCUT2D eigenvalue weighted by molar-refractivity contribution is 14.1. The summed E-state index contributed by atoms with van der Waals surface area (Å²) in [4.78, 5) is 12.1. The van der Waals surface area contributed by atoms with E-state index in [-0.39, 0.29) is 5.91 Å². The number of rotatable bonds is 8. The molecule has 154 valence electrons. The van der Waals surface area contributed by atoms with E-state index in [1.54, 1.807) is 30.5 Å². The molecule has 7 heteroatoms. The minimum absolute atomic E-state index is 0.314. The number of carbonyl (C=O) groups excluding carboxylic acids is 1. The molecule has 0 radical (unpaired) electrons. The van der Waals surface area contributed by atoms with E-state index in [4.69, 9.17) is 21.1 Å². The van der Waals surface area contributed by atoms with Gasteiger partial charge < -0.3 is 9.47 Å². The van der Waals surface area contributed by atoms with Gasteiger partial charge in [-0.05, 0) is 95.2 Å². The van der Waals surface area contributed by atoms with Crippen LogP contribution in [0.3, 0.4) is 0 Å². The van der Waals surface area contributed by atoms with Gasteiger partial charge in [0.25, 0.3) is 5.91 Å². The van der Waals surface area contributed by atoms with Crippen molar-refractivity contribution >= 4 is 46.3 Å². The second kappa shape index (κ2) is 11.0. The summed E-state index contributed by atoms with van der Waals surface area (Å²) >= 11 is 8.10. The Morgan fingerprint density at radius 1 is 1.03 bits per heavy atom. The van der Waals surface area contributed by atoms with Gasteiger partial charge in [0.05, 0.1) is 12.8 Å². The summed E-state index contributed by atoms with van der Waals surface area (Å²) in [6.07, 6.45) is 1.55. The van der Waals surface area contributed by atoms with Crippen molar-refractivity contribution in [2.75, 3.05) is 6.61 Å². The van der Waals surface area contributed by atoms with Crippen molar-refractivity contribution in [3.8, 4) is 11.5 Å². The van der Waals surface area contributed by atoms with Crippen LogP contribution in [0.5, 0.6) is 11.5 Å². The molecule has 1 N–H and O–H groups in total. The Labute approximate surface area is 194 Å².